The first-order chi connectivity index (χ1) is 20.1. The number of carbonyl (C=O) groups excluding carboxylic acids is 2. The molecule has 0 aliphatic heterocycles. The number of hydrogen-bond acceptors (Lipinski definition) is 9. The Kier molecular flexibility index (Phi) is 7.52. The summed E-state index contributed by atoms with van der Waals surface area (Å²) in [6.45, 7) is 0. The maximum absolute atomic E-state index is 12.7. The van der Waals surface area contributed by atoms with Gasteiger partial charge in [0, 0.05) is 57.8 Å². The second kappa shape index (κ2) is 11.9. The standard InChI is InChI=1S/C30H20N6O3S2/c37-27(35-29-33-25(17-40-29)19-9-13-31-14-10-19)21-1-5-23(6-2-21)39-24-7-3-22(4-8-24)28(38)36-30-34-26(18-41-30)20-11-15-32-16-12-20/h1-18H,(H,33,35,37)(H,34,36,38). The van der Waals surface area contributed by atoms with Crippen molar-refractivity contribution in [3.05, 3.63) is 119 Å². The van der Waals surface area contributed by atoms with E-state index in [1.807, 2.05) is 35.0 Å². The Labute approximate surface area is 242 Å². The summed E-state index contributed by atoms with van der Waals surface area (Å²) in [6, 6.07) is 21.0. The SMILES string of the molecule is O=C(Nc1nc(-c2ccncc2)cs1)c1ccc(Oc2ccc(C(=O)Nc3nc(-c4ccncc4)cs3)cc2)cc1. The Hall–Kier alpha value is -5.26. The lowest BCUT2D eigenvalue weighted by Gasteiger charge is -2.08. The molecule has 0 saturated heterocycles. The Morgan fingerprint density at radius 1 is 0.561 bits per heavy atom. The smallest absolute Gasteiger partial charge is 0.257 e. The van der Waals surface area contributed by atoms with Gasteiger partial charge in [0.05, 0.1) is 11.4 Å². The predicted molar refractivity (Wildman–Crippen MR) is 160 cm³/mol. The Morgan fingerprint density at radius 2 is 0.951 bits per heavy atom. The van der Waals surface area contributed by atoms with Gasteiger partial charge in [-0.15, -0.1) is 22.7 Å². The summed E-state index contributed by atoms with van der Waals surface area (Å²) in [5.41, 5.74) is 4.36. The van der Waals surface area contributed by atoms with Crippen molar-refractivity contribution in [3.63, 3.8) is 0 Å². The lowest BCUT2D eigenvalue weighted by atomic mass is 10.2. The van der Waals surface area contributed by atoms with Crippen LogP contribution in [0.2, 0.25) is 0 Å². The van der Waals surface area contributed by atoms with E-state index in [2.05, 4.69) is 30.6 Å². The number of amides is 2. The van der Waals surface area contributed by atoms with Gasteiger partial charge in [-0.3, -0.25) is 30.2 Å². The molecular formula is C30H20N6O3S2. The van der Waals surface area contributed by atoms with Gasteiger partial charge in [0.25, 0.3) is 11.8 Å². The van der Waals surface area contributed by atoms with Crippen LogP contribution in [-0.2, 0) is 0 Å². The summed E-state index contributed by atoms with van der Waals surface area (Å²) in [4.78, 5) is 42.4. The quantitative estimate of drug-likeness (QED) is 0.200. The van der Waals surface area contributed by atoms with Crippen molar-refractivity contribution in [2.75, 3.05) is 10.6 Å². The number of carbonyl (C=O) groups is 2. The molecule has 0 atom stereocenters. The highest BCUT2D eigenvalue weighted by Crippen LogP contribution is 2.27. The number of aromatic nitrogens is 4. The van der Waals surface area contributed by atoms with Crippen LogP contribution in [0.4, 0.5) is 10.3 Å². The molecule has 4 heterocycles. The monoisotopic (exact) mass is 576 g/mol. The molecule has 2 amide bonds. The second-order valence-corrected chi connectivity index (χ2v) is 10.3. The summed E-state index contributed by atoms with van der Waals surface area (Å²) in [7, 11) is 0. The lowest BCUT2D eigenvalue weighted by molar-refractivity contribution is 0.101. The highest BCUT2D eigenvalue weighted by atomic mass is 32.1. The van der Waals surface area contributed by atoms with Crippen LogP contribution in [0.3, 0.4) is 0 Å². The predicted octanol–water partition coefficient (Wildman–Crippen LogP) is 7.02. The van der Waals surface area contributed by atoms with Gasteiger partial charge < -0.3 is 4.74 Å². The van der Waals surface area contributed by atoms with Gasteiger partial charge in [-0.05, 0) is 72.8 Å². The maximum atomic E-state index is 12.7. The first-order valence-corrected chi connectivity index (χ1v) is 14.1. The van der Waals surface area contributed by atoms with Crippen LogP contribution >= 0.6 is 22.7 Å². The van der Waals surface area contributed by atoms with Crippen molar-refractivity contribution in [3.8, 4) is 34.0 Å². The van der Waals surface area contributed by atoms with Gasteiger partial charge >= 0.3 is 0 Å². The second-order valence-electron chi connectivity index (χ2n) is 8.61. The Balaban J connectivity index is 1.03. The largest absolute Gasteiger partial charge is 0.457 e. The molecule has 2 aromatic carbocycles. The van der Waals surface area contributed by atoms with Gasteiger partial charge in [-0.2, -0.15) is 0 Å². The van der Waals surface area contributed by atoms with Gasteiger partial charge in [-0.25, -0.2) is 9.97 Å². The first kappa shape index (κ1) is 26.0. The molecule has 0 unspecified atom stereocenters. The number of ether oxygens (including phenoxy) is 1. The van der Waals surface area contributed by atoms with Crippen molar-refractivity contribution in [1.29, 1.82) is 0 Å². The van der Waals surface area contributed by atoms with Crippen LogP contribution in [0.1, 0.15) is 20.7 Å². The zero-order valence-corrected chi connectivity index (χ0v) is 22.9. The fourth-order valence-electron chi connectivity index (χ4n) is 3.80. The van der Waals surface area contributed by atoms with E-state index in [0.717, 1.165) is 22.5 Å². The summed E-state index contributed by atoms with van der Waals surface area (Å²) in [6.07, 6.45) is 6.80. The third kappa shape index (κ3) is 6.32. The van der Waals surface area contributed by atoms with Crippen LogP contribution in [0.15, 0.2) is 108 Å². The van der Waals surface area contributed by atoms with E-state index in [1.54, 1.807) is 73.3 Å². The van der Waals surface area contributed by atoms with E-state index in [0.29, 0.717) is 32.9 Å². The number of anilines is 2. The summed E-state index contributed by atoms with van der Waals surface area (Å²) in [5.74, 6) is 0.574. The summed E-state index contributed by atoms with van der Waals surface area (Å²) >= 11 is 2.71. The van der Waals surface area contributed by atoms with Crippen molar-refractivity contribution < 1.29 is 14.3 Å². The molecule has 6 aromatic rings. The van der Waals surface area contributed by atoms with E-state index < -0.39 is 0 Å². The minimum absolute atomic E-state index is 0.268. The van der Waals surface area contributed by atoms with Crippen molar-refractivity contribution in [2.45, 2.75) is 0 Å². The van der Waals surface area contributed by atoms with Gasteiger partial charge in [-0.1, -0.05) is 0 Å². The van der Waals surface area contributed by atoms with Crippen LogP contribution in [-0.4, -0.2) is 31.8 Å². The number of thiazole rings is 2. The van der Waals surface area contributed by atoms with Gasteiger partial charge in [0.2, 0.25) is 0 Å². The molecule has 9 nitrogen and oxygen atoms in total. The molecule has 0 spiro atoms. The number of nitrogens with zero attached hydrogens (tertiary/aromatic N) is 4. The van der Waals surface area contributed by atoms with E-state index in [1.165, 1.54) is 22.7 Å². The number of rotatable bonds is 8. The molecule has 11 heteroatoms. The van der Waals surface area contributed by atoms with Crippen LogP contribution in [0.25, 0.3) is 22.5 Å². The van der Waals surface area contributed by atoms with Crippen molar-refractivity contribution >= 4 is 44.8 Å². The summed E-state index contributed by atoms with van der Waals surface area (Å²) in [5, 5.41) is 10.4. The zero-order valence-electron chi connectivity index (χ0n) is 21.2. The topological polar surface area (TPSA) is 119 Å². The average molecular weight is 577 g/mol. The van der Waals surface area contributed by atoms with Crippen molar-refractivity contribution in [1.82, 2.24) is 19.9 Å². The fraction of sp³-hybridized carbons (Fsp3) is 0. The maximum Gasteiger partial charge on any atom is 0.257 e. The number of benzene rings is 2. The molecule has 200 valence electrons. The fourth-order valence-corrected chi connectivity index (χ4v) is 5.23. The highest BCUT2D eigenvalue weighted by Gasteiger charge is 2.12. The minimum atomic E-state index is -0.268. The molecule has 6 rings (SSSR count). The Bertz CT molecular complexity index is 1650. The van der Waals surface area contributed by atoms with Gasteiger partial charge in [0.1, 0.15) is 11.5 Å². The van der Waals surface area contributed by atoms with Crippen LogP contribution in [0.5, 0.6) is 11.5 Å². The first-order valence-electron chi connectivity index (χ1n) is 12.3. The van der Waals surface area contributed by atoms with E-state index in [4.69, 9.17) is 4.74 Å². The molecule has 0 bridgehead atoms. The molecule has 0 fully saturated rings. The van der Waals surface area contributed by atoms with Crippen molar-refractivity contribution in [2.24, 2.45) is 0 Å². The number of nitrogens with one attached hydrogen (secondary N) is 2. The number of pyridine rings is 2. The molecule has 0 radical (unpaired) electrons. The van der Waals surface area contributed by atoms with Gasteiger partial charge in [0.15, 0.2) is 10.3 Å². The molecule has 2 N–H and O–H groups in total. The molecule has 41 heavy (non-hydrogen) atoms. The van der Waals surface area contributed by atoms with E-state index >= 15 is 0 Å². The molecular weight excluding hydrogens is 557 g/mol. The molecule has 0 aliphatic rings. The van der Waals surface area contributed by atoms with Crippen LogP contribution < -0.4 is 15.4 Å². The summed E-state index contributed by atoms with van der Waals surface area (Å²) < 4.78 is 5.89. The van der Waals surface area contributed by atoms with Crippen LogP contribution in [0, 0.1) is 0 Å². The molecule has 4 aromatic heterocycles. The molecule has 0 saturated carbocycles. The third-order valence-electron chi connectivity index (χ3n) is 5.87. The average Bonchev–Trinajstić information content (AvgIpc) is 3.69. The highest BCUT2D eigenvalue weighted by molar-refractivity contribution is 7.14. The Morgan fingerprint density at radius 3 is 1.34 bits per heavy atom. The number of hydrogen-bond donors (Lipinski definition) is 2. The minimum Gasteiger partial charge on any atom is -0.457 e. The zero-order chi connectivity index (χ0) is 28.0. The lowest BCUT2D eigenvalue weighted by Crippen LogP contribution is -2.11. The molecule has 0 aliphatic carbocycles. The third-order valence-corrected chi connectivity index (χ3v) is 7.39. The normalized spacial score (nSPS) is 10.6. The van der Waals surface area contributed by atoms with E-state index in [-0.39, 0.29) is 11.8 Å². The van der Waals surface area contributed by atoms with E-state index in [9.17, 15) is 9.59 Å².